The number of hydrogen-bond acceptors (Lipinski definition) is 4. The van der Waals surface area contributed by atoms with E-state index in [1.165, 1.54) is 11.3 Å². The van der Waals surface area contributed by atoms with E-state index >= 15 is 0 Å². The van der Waals surface area contributed by atoms with E-state index in [1.54, 1.807) is 6.08 Å². The number of rotatable bonds is 5. The number of hydrogen-bond donors (Lipinski definition) is 1. The fraction of sp³-hybridized carbons (Fsp3) is 0.538. The van der Waals surface area contributed by atoms with Gasteiger partial charge in [-0.1, -0.05) is 26.8 Å². The third kappa shape index (κ3) is 4.06. The Morgan fingerprint density at radius 3 is 2.76 bits per heavy atom. The van der Waals surface area contributed by atoms with Crippen LogP contribution in [-0.2, 0) is 16.6 Å². The van der Waals surface area contributed by atoms with Crippen LogP contribution in [0.1, 0.15) is 37.9 Å². The molecule has 2 N–H and O–H groups in total. The number of Topliss-reactive ketones (excluding diaryl/α,β-unsaturated/α-hetero) is 1. The van der Waals surface area contributed by atoms with Crippen LogP contribution in [0.25, 0.3) is 0 Å². The number of nitrogens with two attached hydrogens (primary N) is 1. The van der Waals surface area contributed by atoms with Gasteiger partial charge in [0.05, 0.1) is 18.2 Å². The maximum Gasteiger partial charge on any atom is 0.156 e. The van der Waals surface area contributed by atoms with Crippen molar-refractivity contribution in [3.05, 3.63) is 28.7 Å². The van der Waals surface area contributed by atoms with Gasteiger partial charge in [0, 0.05) is 10.8 Å². The molecule has 0 bridgehead atoms. The third-order valence-corrected chi connectivity index (χ3v) is 3.33. The van der Waals surface area contributed by atoms with Crippen molar-refractivity contribution in [3.63, 3.8) is 0 Å². The van der Waals surface area contributed by atoms with Crippen LogP contribution in [0, 0.1) is 0 Å². The number of aromatic nitrogens is 1. The molecule has 0 spiro atoms. The average Bonchev–Trinajstić information content (AvgIpc) is 2.66. The molecule has 0 fully saturated rings. The molecule has 1 heterocycles. The molecule has 3 nitrogen and oxygen atoms in total. The Hall–Kier alpha value is -1.000. The van der Waals surface area contributed by atoms with E-state index in [2.05, 4.69) is 32.3 Å². The van der Waals surface area contributed by atoms with Crippen LogP contribution in [0.15, 0.2) is 18.0 Å². The Kier molecular flexibility index (Phi) is 4.60. The highest BCUT2D eigenvalue weighted by atomic mass is 32.1. The first-order valence-electron chi connectivity index (χ1n) is 5.68. The van der Waals surface area contributed by atoms with Gasteiger partial charge in [-0.25, -0.2) is 4.98 Å². The monoisotopic (exact) mass is 252 g/mol. The zero-order valence-electron chi connectivity index (χ0n) is 10.7. The summed E-state index contributed by atoms with van der Waals surface area (Å²) in [6.45, 7) is 9.91. The Balaban J connectivity index is 2.67. The first kappa shape index (κ1) is 14.1. The highest BCUT2D eigenvalue weighted by Gasteiger charge is 2.19. The lowest BCUT2D eigenvalue weighted by Crippen LogP contribution is -2.31. The van der Waals surface area contributed by atoms with Gasteiger partial charge in [0.15, 0.2) is 5.78 Å². The minimum Gasteiger partial charge on any atom is -0.321 e. The van der Waals surface area contributed by atoms with Crippen molar-refractivity contribution in [1.82, 2.24) is 4.98 Å². The maximum absolute atomic E-state index is 11.8. The minimum atomic E-state index is -0.450. The zero-order valence-corrected chi connectivity index (χ0v) is 11.5. The van der Waals surface area contributed by atoms with E-state index in [4.69, 9.17) is 5.73 Å². The molecule has 0 saturated heterocycles. The van der Waals surface area contributed by atoms with Crippen LogP contribution in [0.3, 0.4) is 0 Å². The van der Waals surface area contributed by atoms with Crippen molar-refractivity contribution in [2.24, 2.45) is 5.73 Å². The molecule has 0 saturated carbocycles. The highest BCUT2D eigenvalue weighted by Crippen LogP contribution is 2.24. The molecule has 1 unspecified atom stereocenters. The molecule has 94 valence electrons. The molecule has 0 amide bonds. The summed E-state index contributed by atoms with van der Waals surface area (Å²) in [6.07, 6.45) is 2.52. The lowest BCUT2D eigenvalue weighted by atomic mass is 9.93. The zero-order chi connectivity index (χ0) is 13.1. The Morgan fingerprint density at radius 1 is 1.65 bits per heavy atom. The Labute approximate surface area is 107 Å². The van der Waals surface area contributed by atoms with Gasteiger partial charge >= 0.3 is 0 Å². The first-order valence-corrected chi connectivity index (χ1v) is 6.56. The molecule has 1 aromatic rings. The van der Waals surface area contributed by atoms with Gasteiger partial charge in [0.2, 0.25) is 0 Å². The van der Waals surface area contributed by atoms with Crippen LogP contribution in [-0.4, -0.2) is 16.8 Å². The standard InChI is InChI=1S/C13H20N2OS/c1-5-6-9(14)10(16)7-12-15-11(8-17-12)13(2,3)4/h5,8-9H,1,6-7,14H2,2-4H3. The number of thiazole rings is 1. The van der Waals surface area contributed by atoms with Gasteiger partial charge in [-0.05, 0) is 6.42 Å². The number of carbonyl (C=O) groups excluding carboxylic acids is 1. The van der Waals surface area contributed by atoms with Crippen LogP contribution in [0.4, 0.5) is 0 Å². The summed E-state index contributed by atoms with van der Waals surface area (Å²) in [6, 6.07) is -0.450. The van der Waals surface area contributed by atoms with Gasteiger partial charge in [-0.15, -0.1) is 17.9 Å². The molecule has 4 heteroatoms. The van der Waals surface area contributed by atoms with E-state index in [-0.39, 0.29) is 11.2 Å². The molecule has 1 aromatic heterocycles. The minimum absolute atomic E-state index is 0.0275. The van der Waals surface area contributed by atoms with Crippen molar-refractivity contribution in [2.75, 3.05) is 0 Å². The summed E-state index contributed by atoms with van der Waals surface area (Å²) < 4.78 is 0. The lowest BCUT2D eigenvalue weighted by Gasteiger charge is -2.14. The highest BCUT2D eigenvalue weighted by molar-refractivity contribution is 7.09. The largest absolute Gasteiger partial charge is 0.321 e. The predicted molar refractivity (Wildman–Crippen MR) is 72.3 cm³/mol. The predicted octanol–water partition coefficient (Wildman–Crippen LogP) is 2.46. The van der Waals surface area contributed by atoms with Gasteiger partial charge in [0.25, 0.3) is 0 Å². The van der Waals surface area contributed by atoms with Gasteiger partial charge in [-0.3, -0.25) is 4.79 Å². The summed E-state index contributed by atoms with van der Waals surface area (Å²) in [5.74, 6) is 0.0275. The van der Waals surface area contributed by atoms with Crippen LogP contribution in [0.5, 0.6) is 0 Å². The maximum atomic E-state index is 11.8. The summed E-state index contributed by atoms with van der Waals surface area (Å²) >= 11 is 1.53. The first-order chi connectivity index (χ1) is 7.84. The summed E-state index contributed by atoms with van der Waals surface area (Å²) in [7, 11) is 0. The molecule has 0 aliphatic rings. The topological polar surface area (TPSA) is 56.0 Å². The normalized spacial score (nSPS) is 13.4. The van der Waals surface area contributed by atoms with Crippen LogP contribution >= 0.6 is 11.3 Å². The second-order valence-electron chi connectivity index (χ2n) is 5.15. The Morgan fingerprint density at radius 2 is 2.29 bits per heavy atom. The molecule has 1 atom stereocenters. The molecular weight excluding hydrogens is 232 g/mol. The van der Waals surface area contributed by atoms with Crippen LogP contribution in [0.2, 0.25) is 0 Å². The van der Waals surface area contributed by atoms with E-state index in [9.17, 15) is 4.79 Å². The number of carbonyl (C=O) groups is 1. The molecular formula is C13H20N2OS. The van der Waals surface area contributed by atoms with E-state index < -0.39 is 6.04 Å². The van der Waals surface area contributed by atoms with Crippen molar-refractivity contribution in [3.8, 4) is 0 Å². The van der Waals surface area contributed by atoms with E-state index in [0.717, 1.165) is 10.7 Å². The van der Waals surface area contributed by atoms with Gasteiger partial charge < -0.3 is 5.73 Å². The molecule has 1 rings (SSSR count). The molecule has 0 radical (unpaired) electrons. The molecule has 17 heavy (non-hydrogen) atoms. The van der Waals surface area contributed by atoms with E-state index in [0.29, 0.717) is 12.8 Å². The summed E-state index contributed by atoms with van der Waals surface area (Å²) in [5.41, 5.74) is 6.78. The molecule has 0 aliphatic heterocycles. The summed E-state index contributed by atoms with van der Waals surface area (Å²) in [4.78, 5) is 16.2. The smallest absolute Gasteiger partial charge is 0.156 e. The second-order valence-corrected chi connectivity index (χ2v) is 6.09. The fourth-order valence-electron chi connectivity index (χ4n) is 1.33. The quantitative estimate of drug-likeness (QED) is 0.819. The summed E-state index contributed by atoms with van der Waals surface area (Å²) in [5, 5.41) is 2.86. The molecule has 0 aromatic carbocycles. The van der Waals surface area contributed by atoms with Gasteiger partial charge in [-0.2, -0.15) is 0 Å². The fourth-order valence-corrected chi connectivity index (χ4v) is 2.36. The third-order valence-electron chi connectivity index (χ3n) is 2.48. The SMILES string of the molecule is C=CCC(N)C(=O)Cc1nc(C(C)(C)C)cs1. The van der Waals surface area contributed by atoms with Crippen molar-refractivity contribution in [1.29, 1.82) is 0 Å². The van der Waals surface area contributed by atoms with Crippen molar-refractivity contribution < 1.29 is 4.79 Å². The van der Waals surface area contributed by atoms with E-state index in [1.807, 2.05) is 5.38 Å². The van der Waals surface area contributed by atoms with Gasteiger partial charge in [0.1, 0.15) is 5.01 Å². The lowest BCUT2D eigenvalue weighted by molar-refractivity contribution is -0.119. The number of ketones is 1. The molecule has 0 aliphatic carbocycles. The average molecular weight is 252 g/mol. The number of nitrogens with zero attached hydrogens (tertiary/aromatic N) is 1. The van der Waals surface area contributed by atoms with Crippen molar-refractivity contribution in [2.45, 2.75) is 45.1 Å². The Bertz CT molecular complexity index is 404. The van der Waals surface area contributed by atoms with Crippen LogP contribution < -0.4 is 5.73 Å². The second kappa shape index (κ2) is 5.56. The van der Waals surface area contributed by atoms with Crippen molar-refractivity contribution >= 4 is 17.1 Å².